The molecule has 6 rings (SSSR count). The van der Waals surface area contributed by atoms with E-state index in [1.807, 2.05) is 71.4 Å². The molecule has 192 valence electrons. The normalized spacial score (nSPS) is 19.5. The number of ether oxygens (including phenoxy) is 1. The number of nitro benzene ring substituents is 1. The highest BCUT2D eigenvalue weighted by molar-refractivity contribution is 7.80. The molecule has 0 bridgehead atoms. The van der Waals surface area contributed by atoms with Crippen molar-refractivity contribution in [1.82, 2.24) is 14.9 Å². The van der Waals surface area contributed by atoms with Crippen LogP contribution in [0.1, 0.15) is 49.2 Å². The first-order chi connectivity index (χ1) is 18.6. The van der Waals surface area contributed by atoms with Gasteiger partial charge in [0.15, 0.2) is 5.11 Å². The second-order valence-corrected chi connectivity index (χ2v) is 9.98. The van der Waals surface area contributed by atoms with Gasteiger partial charge < -0.3 is 19.5 Å². The van der Waals surface area contributed by atoms with Crippen LogP contribution in [0.25, 0.3) is 5.69 Å². The molecule has 1 aliphatic carbocycles. The number of nitrogens with one attached hydrogen (secondary N) is 1. The number of hydrogen-bond donors (Lipinski definition) is 1. The number of thiocarbonyl (C=S) groups is 1. The van der Waals surface area contributed by atoms with Crippen LogP contribution in [0.5, 0.6) is 5.75 Å². The van der Waals surface area contributed by atoms with Gasteiger partial charge in [-0.3, -0.25) is 15.1 Å². The molecule has 1 N–H and O–H groups in total. The molecule has 0 amide bonds. The number of rotatable bonds is 7. The van der Waals surface area contributed by atoms with Crippen molar-refractivity contribution in [3.8, 4) is 11.4 Å². The van der Waals surface area contributed by atoms with Gasteiger partial charge in [-0.25, -0.2) is 0 Å². The lowest BCUT2D eigenvalue weighted by Gasteiger charge is -2.29. The fourth-order valence-electron chi connectivity index (χ4n) is 5.44. The van der Waals surface area contributed by atoms with Gasteiger partial charge >= 0.3 is 0 Å². The van der Waals surface area contributed by atoms with Gasteiger partial charge in [-0.2, -0.15) is 0 Å². The fourth-order valence-corrected chi connectivity index (χ4v) is 5.79. The first kappa shape index (κ1) is 24.1. The van der Waals surface area contributed by atoms with Crippen molar-refractivity contribution < 1.29 is 9.66 Å². The van der Waals surface area contributed by atoms with Crippen LogP contribution in [-0.4, -0.2) is 25.7 Å². The van der Waals surface area contributed by atoms with E-state index in [2.05, 4.69) is 15.2 Å². The van der Waals surface area contributed by atoms with Crippen molar-refractivity contribution in [2.75, 3.05) is 4.90 Å². The summed E-state index contributed by atoms with van der Waals surface area (Å²) in [4.78, 5) is 17.8. The molecule has 2 aliphatic rings. The van der Waals surface area contributed by atoms with Gasteiger partial charge in [-0.15, -0.1) is 0 Å². The molecular weight excluding hydrogens is 498 g/mol. The Hall–Kier alpha value is -4.24. The number of anilines is 1. The van der Waals surface area contributed by atoms with Gasteiger partial charge in [-0.05, 0) is 92.5 Å². The lowest BCUT2D eigenvalue weighted by Crippen LogP contribution is -2.30. The van der Waals surface area contributed by atoms with E-state index in [-0.39, 0.29) is 28.8 Å². The number of benzene rings is 2. The Morgan fingerprint density at radius 2 is 1.79 bits per heavy atom. The average molecular weight is 526 g/mol. The zero-order chi connectivity index (χ0) is 26.1. The summed E-state index contributed by atoms with van der Waals surface area (Å²) in [7, 11) is 0. The molecule has 9 heteroatoms. The zero-order valence-electron chi connectivity index (χ0n) is 20.6. The Labute approximate surface area is 226 Å². The molecule has 0 unspecified atom stereocenters. The molecule has 0 radical (unpaired) electrons. The molecule has 38 heavy (non-hydrogen) atoms. The van der Waals surface area contributed by atoms with Crippen LogP contribution < -0.4 is 15.0 Å². The van der Waals surface area contributed by atoms with Crippen molar-refractivity contribution in [2.45, 2.75) is 43.9 Å². The molecule has 2 aromatic carbocycles. The number of nitrogens with zero attached hydrogens (tertiary/aromatic N) is 4. The Balaban J connectivity index is 1.40. The SMILES string of the molecule is O=[N+]([O-])c1cccc(-n2cccc2[C@H]2[C@H](c3ccccn3)NC(=S)N2c2ccc(OC3CCCC3)cc2)c1. The number of aromatic nitrogens is 2. The third kappa shape index (κ3) is 4.61. The van der Waals surface area contributed by atoms with E-state index < -0.39 is 0 Å². The maximum Gasteiger partial charge on any atom is 0.271 e. The Morgan fingerprint density at radius 3 is 2.53 bits per heavy atom. The molecule has 1 saturated carbocycles. The molecule has 2 fully saturated rings. The third-order valence-electron chi connectivity index (χ3n) is 7.22. The van der Waals surface area contributed by atoms with Crippen LogP contribution in [0.4, 0.5) is 11.4 Å². The highest BCUT2D eigenvalue weighted by Crippen LogP contribution is 2.42. The van der Waals surface area contributed by atoms with Crippen molar-refractivity contribution in [3.05, 3.63) is 113 Å². The molecule has 1 saturated heterocycles. The third-order valence-corrected chi connectivity index (χ3v) is 7.53. The highest BCUT2D eigenvalue weighted by Gasteiger charge is 2.42. The van der Waals surface area contributed by atoms with Gasteiger partial charge in [0.1, 0.15) is 11.8 Å². The van der Waals surface area contributed by atoms with Crippen LogP contribution >= 0.6 is 12.2 Å². The minimum atomic E-state index is -0.378. The van der Waals surface area contributed by atoms with Gasteiger partial charge in [0.25, 0.3) is 5.69 Å². The predicted molar refractivity (Wildman–Crippen MR) is 150 cm³/mol. The summed E-state index contributed by atoms with van der Waals surface area (Å²) in [6, 6.07) is 24.0. The molecule has 4 aromatic rings. The smallest absolute Gasteiger partial charge is 0.271 e. The quantitative estimate of drug-likeness (QED) is 0.173. The Morgan fingerprint density at radius 1 is 0.974 bits per heavy atom. The van der Waals surface area contributed by atoms with Crippen molar-refractivity contribution in [3.63, 3.8) is 0 Å². The number of non-ortho nitro benzene ring substituents is 1. The first-order valence-electron chi connectivity index (χ1n) is 12.8. The van der Waals surface area contributed by atoms with Gasteiger partial charge in [0, 0.05) is 35.9 Å². The van der Waals surface area contributed by atoms with Gasteiger partial charge in [0.05, 0.1) is 28.5 Å². The summed E-state index contributed by atoms with van der Waals surface area (Å²) >= 11 is 5.87. The van der Waals surface area contributed by atoms with E-state index in [1.54, 1.807) is 18.3 Å². The standard InChI is InChI=1S/C29H27N5O3S/c35-34(36)22-8-5-7-21(19-22)32-18-6-12-26(32)28-27(25-11-3-4-17-30-25)31-29(38)33(28)20-13-15-24(16-14-20)37-23-9-1-2-10-23/h3-8,11-19,23,27-28H,1-2,9-10H2,(H,31,38)/t27-,28-/m0/s1. The summed E-state index contributed by atoms with van der Waals surface area (Å²) in [5.74, 6) is 0.858. The molecule has 0 spiro atoms. The Kier molecular flexibility index (Phi) is 6.51. The van der Waals surface area contributed by atoms with Crippen molar-refractivity contribution in [1.29, 1.82) is 0 Å². The van der Waals surface area contributed by atoms with Crippen LogP contribution in [0.2, 0.25) is 0 Å². The first-order valence-corrected chi connectivity index (χ1v) is 13.2. The van der Waals surface area contributed by atoms with Crippen LogP contribution in [-0.2, 0) is 0 Å². The maximum absolute atomic E-state index is 11.5. The summed E-state index contributed by atoms with van der Waals surface area (Å²) in [6.45, 7) is 0. The summed E-state index contributed by atoms with van der Waals surface area (Å²) < 4.78 is 8.16. The minimum Gasteiger partial charge on any atom is -0.490 e. The van der Waals surface area contributed by atoms with Crippen LogP contribution in [0, 0.1) is 10.1 Å². The predicted octanol–water partition coefficient (Wildman–Crippen LogP) is 6.28. The summed E-state index contributed by atoms with van der Waals surface area (Å²) in [6.07, 6.45) is 8.62. The molecule has 8 nitrogen and oxygen atoms in total. The number of nitro groups is 1. The molecule has 2 aromatic heterocycles. The molecular formula is C29H27N5O3S. The second-order valence-electron chi connectivity index (χ2n) is 9.59. The fraction of sp³-hybridized carbons (Fsp3) is 0.241. The highest BCUT2D eigenvalue weighted by atomic mass is 32.1. The second kappa shape index (κ2) is 10.3. The van der Waals surface area contributed by atoms with Crippen LogP contribution in [0.15, 0.2) is 91.3 Å². The van der Waals surface area contributed by atoms with Gasteiger partial charge in [-0.1, -0.05) is 12.1 Å². The lowest BCUT2D eigenvalue weighted by atomic mass is 10.0. The lowest BCUT2D eigenvalue weighted by molar-refractivity contribution is -0.384. The monoisotopic (exact) mass is 525 g/mol. The molecule has 3 heterocycles. The Bertz CT molecular complexity index is 1450. The number of hydrogen-bond acceptors (Lipinski definition) is 5. The van der Waals surface area contributed by atoms with E-state index in [4.69, 9.17) is 17.0 Å². The largest absolute Gasteiger partial charge is 0.490 e. The van der Waals surface area contributed by atoms with Crippen LogP contribution in [0.3, 0.4) is 0 Å². The van der Waals surface area contributed by atoms with E-state index in [0.29, 0.717) is 10.8 Å². The summed E-state index contributed by atoms with van der Waals surface area (Å²) in [5.41, 5.74) is 3.46. The van der Waals surface area contributed by atoms with Crippen molar-refractivity contribution >= 4 is 28.7 Å². The van der Waals surface area contributed by atoms with Gasteiger partial charge in [0.2, 0.25) is 0 Å². The summed E-state index contributed by atoms with van der Waals surface area (Å²) in [5, 5.41) is 15.5. The topological polar surface area (TPSA) is 85.5 Å². The van der Waals surface area contributed by atoms with E-state index in [1.165, 1.54) is 18.9 Å². The van der Waals surface area contributed by atoms with Crippen molar-refractivity contribution in [2.24, 2.45) is 0 Å². The average Bonchev–Trinajstić information content (AvgIpc) is 3.70. The minimum absolute atomic E-state index is 0.0400. The molecule has 2 atom stereocenters. The molecule has 1 aliphatic heterocycles. The van der Waals surface area contributed by atoms with E-state index >= 15 is 0 Å². The van der Waals surface area contributed by atoms with E-state index in [9.17, 15) is 10.1 Å². The zero-order valence-corrected chi connectivity index (χ0v) is 21.5. The van der Waals surface area contributed by atoms with E-state index in [0.717, 1.165) is 35.7 Å². The maximum atomic E-state index is 11.5. The number of pyridine rings is 1.